The predicted molar refractivity (Wildman–Crippen MR) is 120 cm³/mol. The molecule has 6 nitrogen and oxygen atoms in total. The van der Waals surface area contributed by atoms with Crippen LogP contribution in [0.2, 0.25) is 5.02 Å². The molecule has 0 N–H and O–H groups in total. The summed E-state index contributed by atoms with van der Waals surface area (Å²) < 4.78 is 28.2. The Morgan fingerprint density at radius 3 is 2.40 bits per heavy atom. The van der Waals surface area contributed by atoms with Crippen molar-refractivity contribution in [3.8, 4) is 17.2 Å². The van der Waals surface area contributed by atoms with Crippen molar-refractivity contribution in [2.24, 2.45) is 0 Å². The fourth-order valence-corrected chi connectivity index (χ4v) is 4.77. The first kappa shape index (κ1) is 24.4. The Morgan fingerprint density at radius 1 is 0.967 bits per heavy atom. The van der Waals surface area contributed by atoms with Gasteiger partial charge in [-0.3, -0.25) is 4.79 Å². The maximum atomic E-state index is 13.6. The summed E-state index contributed by atoms with van der Waals surface area (Å²) in [5.74, 6) is 1.61. The van der Waals surface area contributed by atoms with E-state index >= 15 is 0 Å². The number of rotatable bonds is 13. The van der Waals surface area contributed by atoms with Crippen LogP contribution in [-0.2, 0) is 9.26 Å². The molecule has 0 spiro atoms. The molecule has 0 aliphatic carbocycles. The number of carbonyl (C=O) groups excluding carboxylic acids is 1. The highest BCUT2D eigenvalue weighted by atomic mass is 35.5. The molecule has 0 saturated carbocycles. The SMILES string of the molecule is CCOCCOP(C(=O)c1c(Cl)cccc1OC)c1ccc(OCC)cc1OCC. The van der Waals surface area contributed by atoms with Crippen LogP contribution in [0.25, 0.3) is 0 Å². The van der Waals surface area contributed by atoms with Gasteiger partial charge in [0.25, 0.3) is 0 Å². The molecule has 2 aromatic rings. The second kappa shape index (κ2) is 12.8. The van der Waals surface area contributed by atoms with Crippen LogP contribution >= 0.6 is 19.7 Å². The standard InChI is InChI=1S/C22H28ClO6P/c1-5-26-13-14-29-30(22(24)21-17(23)9-8-10-18(21)25-4)20-12-11-16(27-6-2)15-19(20)28-7-3/h8-12,15H,5-7,13-14H2,1-4H3. The Hall–Kier alpha value is -1.85. The summed E-state index contributed by atoms with van der Waals surface area (Å²) in [4.78, 5) is 13.6. The van der Waals surface area contributed by atoms with Gasteiger partial charge in [0.15, 0.2) is 0 Å². The third-order valence-electron chi connectivity index (χ3n) is 4.01. The van der Waals surface area contributed by atoms with Gasteiger partial charge >= 0.3 is 0 Å². The third kappa shape index (κ3) is 6.32. The van der Waals surface area contributed by atoms with E-state index in [1.807, 2.05) is 26.8 Å². The largest absolute Gasteiger partial charge is 0.496 e. The van der Waals surface area contributed by atoms with Crippen molar-refractivity contribution in [3.05, 3.63) is 47.0 Å². The monoisotopic (exact) mass is 454 g/mol. The number of methoxy groups -OCH3 is 1. The lowest BCUT2D eigenvalue weighted by Crippen LogP contribution is -2.17. The average Bonchev–Trinajstić information content (AvgIpc) is 2.74. The van der Waals surface area contributed by atoms with Gasteiger partial charge in [-0.15, -0.1) is 0 Å². The van der Waals surface area contributed by atoms with Crippen molar-refractivity contribution in [2.75, 3.05) is 40.1 Å². The van der Waals surface area contributed by atoms with Gasteiger partial charge in [0, 0.05) is 12.7 Å². The average molecular weight is 455 g/mol. The summed E-state index contributed by atoms with van der Waals surface area (Å²) in [5.41, 5.74) is 0.0367. The van der Waals surface area contributed by atoms with Gasteiger partial charge in [0.2, 0.25) is 5.52 Å². The zero-order chi connectivity index (χ0) is 21.9. The molecule has 164 valence electrons. The summed E-state index contributed by atoms with van der Waals surface area (Å²) in [5, 5.41) is 0.961. The molecule has 2 aromatic carbocycles. The van der Waals surface area contributed by atoms with Crippen LogP contribution in [0.5, 0.6) is 17.2 Å². The molecule has 0 aromatic heterocycles. The van der Waals surface area contributed by atoms with Crippen molar-refractivity contribution < 1.29 is 28.3 Å². The third-order valence-corrected chi connectivity index (χ3v) is 6.16. The van der Waals surface area contributed by atoms with Gasteiger partial charge < -0.3 is 23.5 Å². The van der Waals surface area contributed by atoms with E-state index in [2.05, 4.69) is 0 Å². The fourth-order valence-electron chi connectivity index (χ4n) is 2.74. The van der Waals surface area contributed by atoms with E-state index < -0.39 is 8.15 Å². The summed E-state index contributed by atoms with van der Waals surface area (Å²) in [6, 6.07) is 10.5. The van der Waals surface area contributed by atoms with Gasteiger partial charge in [-0.05, 0) is 45.0 Å². The Labute approximate surface area is 184 Å². The predicted octanol–water partition coefficient (Wildman–Crippen LogP) is 5.06. The topological polar surface area (TPSA) is 63.2 Å². The Bertz CT molecular complexity index is 829. The van der Waals surface area contributed by atoms with Gasteiger partial charge in [0.05, 0.1) is 49.4 Å². The number of hydrogen-bond acceptors (Lipinski definition) is 6. The molecule has 0 fully saturated rings. The number of carbonyl (C=O) groups is 1. The van der Waals surface area contributed by atoms with Crippen LogP contribution in [0.15, 0.2) is 36.4 Å². The van der Waals surface area contributed by atoms with Crippen molar-refractivity contribution >= 4 is 30.6 Å². The van der Waals surface area contributed by atoms with E-state index in [9.17, 15) is 4.79 Å². The highest BCUT2D eigenvalue weighted by Crippen LogP contribution is 2.46. The molecule has 1 unspecified atom stereocenters. The molecule has 0 radical (unpaired) electrons. The van der Waals surface area contributed by atoms with Crippen LogP contribution < -0.4 is 19.5 Å². The van der Waals surface area contributed by atoms with Crippen molar-refractivity contribution in [3.63, 3.8) is 0 Å². The molecule has 0 aliphatic heterocycles. The molecule has 0 bridgehead atoms. The summed E-state index contributed by atoms with van der Waals surface area (Å²) in [6.45, 7) is 7.87. The molecular weight excluding hydrogens is 427 g/mol. The van der Waals surface area contributed by atoms with Gasteiger partial charge in [0.1, 0.15) is 25.4 Å². The summed E-state index contributed by atoms with van der Waals surface area (Å²) >= 11 is 6.36. The van der Waals surface area contributed by atoms with Gasteiger partial charge in [-0.1, -0.05) is 17.7 Å². The first-order valence-corrected chi connectivity index (χ1v) is 11.5. The van der Waals surface area contributed by atoms with E-state index in [4.69, 9.17) is 35.1 Å². The van der Waals surface area contributed by atoms with E-state index in [0.717, 1.165) is 0 Å². The van der Waals surface area contributed by atoms with Crippen LogP contribution in [0.4, 0.5) is 0 Å². The Kier molecular flexibility index (Phi) is 10.4. The van der Waals surface area contributed by atoms with Gasteiger partial charge in [-0.25, -0.2) is 0 Å². The van der Waals surface area contributed by atoms with E-state index in [-0.39, 0.29) is 12.1 Å². The first-order chi connectivity index (χ1) is 14.6. The second-order valence-electron chi connectivity index (χ2n) is 5.94. The summed E-state index contributed by atoms with van der Waals surface area (Å²) in [6.07, 6.45) is 0. The molecule has 2 rings (SSSR count). The number of hydrogen-bond donors (Lipinski definition) is 0. The maximum Gasteiger partial charge on any atom is 0.221 e. The minimum absolute atomic E-state index is 0.255. The van der Waals surface area contributed by atoms with Crippen molar-refractivity contribution in [1.29, 1.82) is 0 Å². The lowest BCUT2D eigenvalue weighted by molar-refractivity contribution is 0.102. The molecule has 30 heavy (non-hydrogen) atoms. The van der Waals surface area contributed by atoms with E-state index in [1.165, 1.54) is 7.11 Å². The fraction of sp³-hybridized carbons (Fsp3) is 0.409. The summed E-state index contributed by atoms with van der Waals surface area (Å²) in [7, 11) is -0.263. The van der Waals surface area contributed by atoms with Crippen LogP contribution in [0.3, 0.4) is 0 Å². The molecule has 0 aliphatic rings. The van der Waals surface area contributed by atoms with Crippen molar-refractivity contribution in [2.45, 2.75) is 20.8 Å². The normalized spacial score (nSPS) is 11.8. The molecule has 0 heterocycles. The molecule has 0 saturated heterocycles. The zero-order valence-corrected chi connectivity index (χ0v) is 19.4. The number of ether oxygens (including phenoxy) is 4. The number of halogens is 1. The van der Waals surface area contributed by atoms with Crippen LogP contribution in [0, 0.1) is 0 Å². The molecule has 8 heteroatoms. The van der Waals surface area contributed by atoms with E-state index in [1.54, 1.807) is 30.3 Å². The molecule has 1 atom stereocenters. The lowest BCUT2D eigenvalue weighted by Gasteiger charge is -2.21. The molecule has 0 amide bonds. The smallest absolute Gasteiger partial charge is 0.221 e. The van der Waals surface area contributed by atoms with E-state index in [0.29, 0.717) is 59.6 Å². The Balaban J connectivity index is 2.49. The minimum Gasteiger partial charge on any atom is -0.496 e. The zero-order valence-electron chi connectivity index (χ0n) is 17.8. The Morgan fingerprint density at radius 2 is 1.73 bits per heavy atom. The van der Waals surface area contributed by atoms with Gasteiger partial charge in [-0.2, -0.15) is 0 Å². The minimum atomic E-state index is -1.77. The highest BCUT2D eigenvalue weighted by Gasteiger charge is 2.31. The maximum absolute atomic E-state index is 13.6. The highest BCUT2D eigenvalue weighted by molar-refractivity contribution is 7.78. The van der Waals surface area contributed by atoms with Crippen LogP contribution in [-0.4, -0.2) is 45.7 Å². The second-order valence-corrected chi connectivity index (χ2v) is 8.08. The lowest BCUT2D eigenvalue weighted by atomic mass is 10.2. The van der Waals surface area contributed by atoms with Crippen molar-refractivity contribution in [1.82, 2.24) is 0 Å². The first-order valence-electron chi connectivity index (χ1n) is 9.84. The van der Waals surface area contributed by atoms with Crippen LogP contribution in [0.1, 0.15) is 31.1 Å². The molecular formula is C22H28ClO6P. The number of benzene rings is 2. The quantitative estimate of drug-likeness (QED) is 0.311.